The largest absolute Gasteiger partial charge is 0.323 e. The van der Waals surface area contributed by atoms with Crippen LogP contribution in [0.4, 0.5) is 11.4 Å². The van der Waals surface area contributed by atoms with E-state index in [9.17, 15) is 9.59 Å². The van der Waals surface area contributed by atoms with Gasteiger partial charge in [0.15, 0.2) is 0 Å². The summed E-state index contributed by atoms with van der Waals surface area (Å²) in [6.07, 6.45) is 3.74. The van der Waals surface area contributed by atoms with E-state index in [2.05, 4.69) is 16.0 Å². The molecule has 2 amide bonds. The van der Waals surface area contributed by atoms with Crippen LogP contribution in [-0.4, -0.2) is 24.4 Å². The molecule has 0 fully saturated rings. The number of carbonyl (C=O) groups excluding carboxylic acids is 2. The zero-order valence-electron chi connectivity index (χ0n) is 13.8. The Morgan fingerprint density at radius 1 is 1.04 bits per heavy atom. The van der Waals surface area contributed by atoms with Crippen molar-refractivity contribution < 1.29 is 9.59 Å². The highest BCUT2D eigenvalue weighted by Crippen LogP contribution is 2.24. The monoisotopic (exact) mass is 357 g/mol. The maximum Gasteiger partial charge on any atom is 0.255 e. The standard InChI is InChI=1S/C19H19N3O2.ClH/c1-13-9-10-15(21-18(23)14-6-3-2-4-7-14)17(12-13)22-19(24)16-8-5-11-20-16;/h2-10,12,16,20H,11H2,1H3,(H,21,23)(H,22,24);1H. The molecule has 6 heteroatoms. The minimum atomic E-state index is -0.344. The smallest absolute Gasteiger partial charge is 0.255 e. The van der Waals surface area contributed by atoms with Crippen LogP contribution in [0.2, 0.25) is 0 Å². The van der Waals surface area contributed by atoms with E-state index in [0.717, 1.165) is 5.56 Å². The van der Waals surface area contributed by atoms with Crippen molar-refractivity contribution in [2.75, 3.05) is 17.2 Å². The first kappa shape index (κ1) is 18.7. The molecule has 5 nitrogen and oxygen atoms in total. The number of anilines is 2. The van der Waals surface area contributed by atoms with Gasteiger partial charge >= 0.3 is 0 Å². The van der Waals surface area contributed by atoms with Crippen molar-refractivity contribution in [1.29, 1.82) is 0 Å². The van der Waals surface area contributed by atoms with Gasteiger partial charge in [0, 0.05) is 12.1 Å². The first-order valence-electron chi connectivity index (χ1n) is 7.81. The summed E-state index contributed by atoms with van der Waals surface area (Å²) in [7, 11) is 0. The number of nitrogens with one attached hydrogen (secondary N) is 3. The fraction of sp³-hybridized carbons (Fsp3) is 0.158. The van der Waals surface area contributed by atoms with E-state index in [1.165, 1.54) is 0 Å². The molecule has 3 rings (SSSR count). The number of hydrogen-bond donors (Lipinski definition) is 3. The van der Waals surface area contributed by atoms with Gasteiger partial charge in [-0.25, -0.2) is 0 Å². The van der Waals surface area contributed by atoms with Gasteiger partial charge in [-0.15, -0.1) is 12.4 Å². The highest BCUT2D eigenvalue weighted by Gasteiger charge is 2.19. The van der Waals surface area contributed by atoms with Gasteiger partial charge in [-0.1, -0.05) is 36.4 Å². The van der Waals surface area contributed by atoms with E-state index in [0.29, 0.717) is 23.5 Å². The van der Waals surface area contributed by atoms with Crippen LogP contribution in [0.15, 0.2) is 60.7 Å². The molecular formula is C19H20ClN3O2. The third kappa shape index (κ3) is 4.68. The Hall–Kier alpha value is -2.63. The Bertz CT molecular complexity index is 791. The van der Waals surface area contributed by atoms with Gasteiger partial charge < -0.3 is 10.6 Å². The van der Waals surface area contributed by atoms with Crippen LogP contribution in [-0.2, 0) is 4.79 Å². The van der Waals surface area contributed by atoms with E-state index in [1.807, 2.05) is 49.4 Å². The molecule has 0 aromatic heterocycles. The maximum absolute atomic E-state index is 12.3. The van der Waals surface area contributed by atoms with Gasteiger partial charge in [-0.05, 0) is 36.8 Å². The molecule has 0 saturated heterocycles. The minimum absolute atomic E-state index is 0. The molecule has 25 heavy (non-hydrogen) atoms. The van der Waals surface area contributed by atoms with Crippen LogP contribution in [0.3, 0.4) is 0 Å². The molecule has 0 saturated carbocycles. The predicted molar refractivity (Wildman–Crippen MR) is 102 cm³/mol. The van der Waals surface area contributed by atoms with Crippen molar-refractivity contribution in [2.45, 2.75) is 13.0 Å². The zero-order valence-corrected chi connectivity index (χ0v) is 14.6. The van der Waals surface area contributed by atoms with Crippen molar-refractivity contribution in [3.05, 3.63) is 71.8 Å². The molecule has 2 aromatic carbocycles. The lowest BCUT2D eigenvalue weighted by Crippen LogP contribution is -2.35. The SMILES string of the molecule is Cc1ccc(NC(=O)c2ccccc2)c(NC(=O)C2C=CCN2)c1.Cl. The third-order valence-electron chi connectivity index (χ3n) is 3.78. The second-order valence-corrected chi connectivity index (χ2v) is 5.67. The third-order valence-corrected chi connectivity index (χ3v) is 3.78. The minimum Gasteiger partial charge on any atom is -0.323 e. The summed E-state index contributed by atoms with van der Waals surface area (Å²) >= 11 is 0. The summed E-state index contributed by atoms with van der Waals surface area (Å²) in [5, 5.41) is 8.81. The first-order valence-corrected chi connectivity index (χ1v) is 7.81. The van der Waals surface area contributed by atoms with Crippen molar-refractivity contribution in [3.63, 3.8) is 0 Å². The lowest BCUT2D eigenvalue weighted by atomic mass is 10.1. The lowest BCUT2D eigenvalue weighted by molar-refractivity contribution is -0.116. The first-order chi connectivity index (χ1) is 11.6. The zero-order chi connectivity index (χ0) is 16.9. The van der Waals surface area contributed by atoms with Crippen molar-refractivity contribution in [1.82, 2.24) is 5.32 Å². The van der Waals surface area contributed by atoms with Crippen LogP contribution in [0.1, 0.15) is 15.9 Å². The second-order valence-electron chi connectivity index (χ2n) is 5.67. The van der Waals surface area contributed by atoms with Gasteiger partial charge in [-0.3, -0.25) is 14.9 Å². The Kier molecular flexibility index (Phi) is 6.33. The van der Waals surface area contributed by atoms with E-state index in [1.54, 1.807) is 18.2 Å². The molecule has 2 aromatic rings. The summed E-state index contributed by atoms with van der Waals surface area (Å²) < 4.78 is 0. The lowest BCUT2D eigenvalue weighted by Gasteiger charge is -2.15. The molecule has 1 heterocycles. The molecule has 0 spiro atoms. The maximum atomic E-state index is 12.3. The summed E-state index contributed by atoms with van der Waals surface area (Å²) in [5.41, 5.74) is 2.73. The van der Waals surface area contributed by atoms with Crippen molar-refractivity contribution >= 4 is 35.6 Å². The molecule has 1 aliphatic heterocycles. The van der Waals surface area contributed by atoms with Crippen LogP contribution in [0, 0.1) is 6.92 Å². The van der Waals surface area contributed by atoms with Crippen LogP contribution in [0.5, 0.6) is 0 Å². The fourth-order valence-electron chi connectivity index (χ4n) is 2.51. The average molecular weight is 358 g/mol. The van der Waals surface area contributed by atoms with Crippen molar-refractivity contribution in [2.24, 2.45) is 0 Å². The number of halogens is 1. The Balaban J connectivity index is 0.00000225. The van der Waals surface area contributed by atoms with E-state index >= 15 is 0 Å². The van der Waals surface area contributed by atoms with Gasteiger partial charge in [0.1, 0.15) is 6.04 Å². The average Bonchev–Trinajstić information content (AvgIpc) is 3.13. The van der Waals surface area contributed by atoms with Crippen molar-refractivity contribution in [3.8, 4) is 0 Å². The molecular weight excluding hydrogens is 338 g/mol. The fourth-order valence-corrected chi connectivity index (χ4v) is 2.51. The summed E-state index contributed by atoms with van der Waals surface area (Å²) in [6.45, 7) is 2.62. The summed E-state index contributed by atoms with van der Waals surface area (Å²) in [5.74, 6) is -0.363. The number of benzene rings is 2. The summed E-state index contributed by atoms with van der Waals surface area (Å²) in [4.78, 5) is 24.6. The Morgan fingerprint density at radius 2 is 1.80 bits per heavy atom. The molecule has 130 valence electrons. The molecule has 1 aliphatic rings. The quantitative estimate of drug-likeness (QED) is 0.736. The van der Waals surface area contributed by atoms with E-state index < -0.39 is 0 Å². The molecule has 0 radical (unpaired) electrons. The van der Waals surface area contributed by atoms with Crippen LogP contribution in [0.25, 0.3) is 0 Å². The molecule has 3 N–H and O–H groups in total. The highest BCUT2D eigenvalue weighted by molar-refractivity contribution is 6.08. The number of amides is 2. The van der Waals surface area contributed by atoms with E-state index in [4.69, 9.17) is 0 Å². The molecule has 0 aliphatic carbocycles. The topological polar surface area (TPSA) is 70.2 Å². The summed E-state index contributed by atoms with van der Waals surface area (Å²) in [6, 6.07) is 14.2. The number of hydrogen-bond acceptors (Lipinski definition) is 3. The van der Waals surface area contributed by atoms with Gasteiger partial charge in [0.25, 0.3) is 5.91 Å². The normalized spacial score (nSPS) is 15.3. The Labute approximate surface area is 152 Å². The van der Waals surface area contributed by atoms with Crippen LogP contribution >= 0.6 is 12.4 Å². The van der Waals surface area contributed by atoms with Gasteiger partial charge in [-0.2, -0.15) is 0 Å². The molecule has 1 unspecified atom stereocenters. The highest BCUT2D eigenvalue weighted by atomic mass is 35.5. The number of rotatable bonds is 4. The number of aryl methyl sites for hydroxylation is 1. The molecule has 1 atom stereocenters. The van der Waals surface area contributed by atoms with Crippen LogP contribution < -0.4 is 16.0 Å². The van der Waals surface area contributed by atoms with Gasteiger partial charge in [0.05, 0.1) is 11.4 Å². The Morgan fingerprint density at radius 3 is 2.48 bits per heavy atom. The van der Waals surface area contributed by atoms with E-state index in [-0.39, 0.29) is 30.3 Å². The van der Waals surface area contributed by atoms with Gasteiger partial charge in [0.2, 0.25) is 5.91 Å². The number of carbonyl (C=O) groups is 2. The second kappa shape index (κ2) is 8.46. The molecule has 0 bridgehead atoms. The predicted octanol–water partition coefficient (Wildman–Crippen LogP) is 3.14.